The quantitative estimate of drug-likeness (QED) is 0.0716. The molecule has 1 aromatic heterocycles. The number of carbonyl (C=O) groups is 2. The van der Waals surface area contributed by atoms with E-state index in [2.05, 4.69) is 43.2 Å². The Hall–Kier alpha value is -5.84. The summed E-state index contributed by atoms with van der Waals surface area (Å²) in [4.78, 5) is 35.2. The molecule has 0 aliphatic heterocycles. The van der Waals surface area contributed by atoms with E-state index < -0.39 is 11.9 Å². The molecule has 0 saturated heterocycles. The van der Waals surface area contributed by atoms with E-state index in [1.54, 1.807) is 49.6 Å². The molecular formula is C37H41N7O4. The lowest BCUT2D eigenvalue weighted by molar-refractivity contribution is -0.121. The number of imidazole rings is 1. The first kappa shape index (κ1) is 33.5. The third kappa shape index (κ3) is 7.92. The molecule has 11 nitrogen and oxygen atoms in total. The largest absolute Gasteiger partial charge is 0.497 e. The van der Waals surface area contributed by atoms with Crippen molar-refractivity contribution in [1.82, 2.24) is 9.55 Å². The van der Waals surface area contributed by atoms with Crippen LogP contribution in [0.25, 0.3) is 22.4 Å². The zero-order valence-corrected chi connectivity index (χ0v) is 27.6. The average Bonchev–Trinajstić information content (AvgIpc) is 3.43. The molecular weight excluding hydrogens is 606 g/mol. The van der Waals surface area contributed by atoms with Gasteiger partial charge in [0.15, 0.2) is 5.96 Å². The van der Waals surface area contributed by atoms with Crippen LogP contribution < -0.4 is 32.0 Å². The van der Waals surface area contributed by atoms with E-state index in [-0.39, 0.29) is 17.3 Å². The highest BCUT2D eigenvalue weighted by Crippen LogP contribution is 2.34. The summed E-state index contributed by atoms with van der Waals surface area (Å²) in [5.41, 5.74) is 21.1. The number of methoxy groups -OCH3 is 1. The second-order valence-electron chi connectivity index (χ2n) is 12.5. The summed E-state index contributed by atoms with van der Waals surface area (Å²) in [5.74, 6) is 1.60. The van der Waals surface area contributed by atoms with Crippen LogP contribution in [0.4, 0.5) is 5.69 Å². The van der Waals surface area contributed by atoms with E-state index in [0.29, 0.717) is 70.3 Å². The Balaban J connectivity index is 1.52. The van der Waals surface area contributed by atoms with Gasteiger partial charge in [-0.1, -0.05) is 45.0 Å². The lowest BCUT2D eigenvalue weighted by Crippen LogP contribution is -2.27. The summed E-state index contributed by atoms with van der Waals surface area (Å²) in [7, 11) is 1.58. The Kier molecular flexibility index (Phi) is 9.98. The molecule has 248 valence electrons. The van der Waals surface area contributed by atoms with Gasteiger partial charge in [0.1, 0.15) is 29.1 Å². The monoisotopic (exact) mass is 647 g/mol. The first-order valence-corrected chi connectivity index (χ1v) is 15.6. The normalized spacial score (nSPS) is 11.9. The van der Waals surface area contributed by atoms with Crippen molar-refractivity contribution < 1.29 is 19.1 Å². The zero-order chi connectivity index (χ0) is 34.4. The van der Waals surface area contributed by atoms with Crippen molar-refractivity contribution in [2.24, 2.45) is 22.2 Å². The molecule has 0 bridgehead atoms. The minimum Gasteiger partial charge on any atom is -0.497 e. The van der Waals surface area contributed by atoms with Crippen molar-refractivity contribution in [2.45, 2.75) is 45.1 Å². The smallest absolute Gasteiger partial charge is 0.255 e. The van der Waals surface area contributed by atoms with Gasteiger partial charge in [-0.25, -0.2) is 4.98 Å². The Morgan fingerprint density at radius 3 is 2.25 bits per heavy atom. The Labute approximate surface area is 279 Å². The molecule has 1 atom stereocenters. The molecule has 48 heavy (non-hydrogen) atoms. The number of aliphatic imine (C=N–C) groups is 1. The second kappa shape index (κ2) is 14.3. The fraction of sp³-hybridized carbons (Fsp3) is 0.243. The lowest BCUT2D eigenvalue weighted by atomic mass is 9.87. The lowest BCUT2D eigenvalue weighted by Gasteiger charge is -2.20. The molecule has 7 N–H and O–H groups in total. The van der Waals surface area contributed by atoms with Crippen molar-refractivity contribution in [3.63, 3.8) is 0 Å². The Bertz CT molecular complexity index is 1940. The highest BCUT2D eigenvalue weighted by Gasteiger charge is 2.25. The Morgan fingerprint density at radius 2 is 1.60 bits per heavy atom. The summed E-state index contributed by atoms with van der Waals surface area (Å²) >= 11 is 0. The number of rotatable bonds is 12. The van der Waals surface area contributed by atoms with Gasteiger partial charge in [0.05, 0.1) is 18.1 Å². The van der Waals surface area contributed by atoms with Crippen molar-refractivity contribution >= 4 is 34.5 Å². The first-order chi connectivity index (χ1) is 22.9. The molecule has 0 aliphatic carbocycles. The maximum atomic E-state index is 13.2. The molecule has 0 spiro atoms. The molecule has 5 aromatic rings. The number of hydrogen-bond donors (Lipinski definition) is 4. The van der Waals surface area contributed by atoms with E-state index in [1.807, 2.05) is 41.0 Å². The summed E-state index contributed by atoms with van der Waals surface area (Å²) in [6.07, 6.45) is 0.862. The number of fused-ring (bicyclic) bond motifs is 1. The summed E-state index contributed by atoms with van der Waals surface area (Å²) in [6.45, 7) is 6.82. The zero-order valence-electron chi connectivity index (χ0n) is 27.6. The topological polar surface area (TPSA) is 173 Å². The maximum absolute atomic E-state index is 13.2. The standard InChI is InChI=1S/C37H41N7O4/c1-37(2,3)25-11-15-28(16-12-25)48-29-8-5-7-23(21-29)34-43-30-22-24(35(46)42-26-13-17-27(47-4)18-14-26)10-19-31(30)44(34)32(33(38)45)9-6-20-41-36(39)40/h5,7-8,10-19,21-22,32H,6,9,20H2,1-4H3,(H2,38,45)(H,42,46)(H4,39,40,41). The van der Waals surface area contributed by atoms with E-state index in [1.165, 1.54) is 5.56 Å². The molecule has 4 aromatic carbocycles. The Morgan fingerprint density at radius 1 is 0.896 bits per heavy atom. The van der Waals surface area contributed by atoms with Crippen LogP contribution in [0.5, 0.6) is 17.2 Å². The number of nitrogens with zero attached hydrogens (tertiary/aromatic N) is 3. The number of primary amides is 1. The van der Waals surface area contributed by atoms with Crippen LogP contribution in [-0.4, -0.2) is 41.0 Å². The van der Waals surface area contributed by atoms with Gasteiger partial charge in [-0.05, 0) is 90.6 Å². The molecule has 0 aliphatic rings. The number of nitrogens with two attached hydrogens (primary N) is 3. The third-order valence-corrected chi connectivity index (χ3v) is 7.92. The average molecular weight is 648 g/mol. The van der Waals surface area contributed by atoms with Gasteiger partial charge in [0.2, 0.25) is 5.91 Å². The predicted octanol–water partition coefficient (Wildman–Crippen LogP) is 6.13. The second-order valence-corrected chi connectivity index (χ2v) is 12.5. The number of guanidine groups is 1. The van der Waals surface area contributed by atoms with Crippen LogP contribution in [-0.2, 0) is 10.2 Å². The van der Waals surface area contributed by atoms with E-state index in [0.717, 1.165) is 0 Å². The molecule has 11 heteroatoms. The summed E-state index contributed by atoms with van der Waals surface area (Å²) in [6, 6.07) is 26.9. The number of carbonyl (C=O) groups excluding carboxylic acids is 2. The van der Waals surface area contributed by atoms with Crippen LogP contribution in [0.15, 0.2) is 96.0 Å². The van der Waals surface area contributed by atoms with Gasteiger partial charge in [0.25, 0.3) is 5.91 Å². The minimum absolute atomic E-state index is 0.0218. The van der Waals surface area contributed by atoms with Gasteiger partial charge >= 0.3 is 0 Å². The van der Waals surface area contributed by atoms with Gasteiger partial charge in [0, 0.05) is 23.4 Å². The SMILES string of the molecule is COc1ccc(NC(=O)c2ccc3c(c2)nc(-c2cccc(Oc4ccc(C(C)(C)C)cc4)c2)n3C(CCCN=C(N)N)C(N)=O)cc1. The molecule has 1 unspecified atom stereocenters. The number of ether oxygens (including phenoxy) is 2. The summed E-state index contributed by atoms with van der Waals surface area (Å²) in [5, 5.41) is 2.90. The van der Waals surface area contributed by atoms with E-state index in [4.69, 9.17) is 31.7 Å². The predicted molar refractivity (Wildman–Crippen MR) is 189 cm³/mol. The van der Waals surface area contributed by atoms with E-state index in [9.17, 15) is 9.59 Å². The highest BCUT2D eigenvalue weighted by atomic mass is 16.5. The van der Waals surface area contributed by atoms with Crippen LogP contribution in [0.1, 0.15) is 55.6 Å². The fourth-order valence-electron chi connectivity index (χ4n) is 5.39. The number of aromatic nitrogens is 2. The molecule has 1 heterocycles. The van der Waals surface area contributed by atoms with Gasteiger partial charge in [-0.15, -0.1) is 0 Å². The van der Waals surface area contributed by atoms with Gasteiger partial charge in [-0.3, -0.25) is 14.6 Å². The minimum atomic E-state index is -0.771. The molecule has 0 radical (unpaired) electrons. The van der Waals surface area contributed by atoms with Crippen LogP contribution in [0.3, 0.4) is 0 Å². The van der Waals surface area contributed by atoms with E-state index >= 15 is 0 Å². The van der Waals surface area contributed by atoms with Crippen LogP contribution in [0.2, 0.25) is 0 Å². The van der Waals surface area contributed by atoms with Gasteiger partial charge < -0.3 is 36.6 Å². The number of hydrogen-bond acceptors (Lipinski definition) is 6. The van der Waals surface area contributed by atoms with Gasteiger partial charge in [-0.2, -0.15) is 0 Å². The fourth-order valence-corrected chi connectivity index (χ4v) is 5.39. The highest BCUT2D eigenvalue weighted by molar-refractivity contribution is 6.06. The van der Waals surface area contributed by atoms with Crippen molar-refractivity contribution in [2.75, 3.05) is 19.0 Å². The number of benzene rings is 4. The maximum Gasteiger partial charge on any atom is 0.255 e. The van der Waals surface area contributed by atoms with Crippen LogP contribution in [0, 0.1) is 0 Å². The van der Waals surface area contributed by atoms with Crippen LogP contribution >= 0.6 is 0 Å². The number of amides is 2. The van der Waals surface area contributed by atoms with Crippen molar-refractivity contribution in [1.29, 1.82) is 0 Å². The number of anilines is 1. The summed E-state index contributed by atoms with van der Waals surface area (Å²) < 4.78 is 13.2. The molecule has 2 amide bonds. The molecule has 0 fully saturated rings. The molecule has 5 rings (SSSR count). The molecule has 0 saturated carbocycles. The number of nitrogens with one attached hydrogen (secondary N) is 1. The first-order valence-electron chi connectivity index (χ1n) is 15.6. The third-order valence-electron chi connectivity index (χ3n) is 7.92. The van der Waals surface area contributed by atoms with Crippen molar-refractivity contribution in [3.8, 4) is 28.6 Å². The van der Waals surface area contributed by atoms with Crippen molar-refractivity contribution in [3.05, 3.63) is 102 Å².